The molecule has 0 aliphatic rings. The van der Waals surface area contributed by atoms with Crippen LogP contribution in [-0.4, -0.2) is 34.6 Å². The number of amides is 1. The summed E-state index contributed by atoms with van der Waals surface area (Å²) >= 11 is 0. The normalized spacial score (nSPS) is 11.6. The van der Waals surface area contributed by atoms with Crippen molar-refractivity contribution in [3.63, 3.8) is 0 Å². The summed E-state index contributed by atoms with van der Waals surface area (Å²) in [5, 5.41) is 10.8. The van der Waals surface area contributed by atoms with E-state index in [1.165, 1.54) is 13.8 Å². The highest BCUT2D eigenvalue weighted by atomic mass is 16.4. The fourth-order valence-corrected chi connectivity index (χ4v) is 1.14. The zero-order chi connectivity index (χ0) is 12.7. The van der Waals surface area contributed by atoms with Crippen molar-refractivity contribution in [1.82, 2.24) is 5.32 Å². The first-order valence-electron chi connectivity index (χ1n) is 4.84. The number of ketones is 2. The van der Waals surface area contributed by atoms with Gasteiger partial charge in [0.2, 0.25) is 5.91 Å². The van der Waals surface area contributed by atoms with Gasteiger partial charge in [0.05, 0.1) is 12.5 Å². The smallest absolute Gasteiger partial charge is 0.305 e. The van der Waals surface area contributed by atoms with E-state index in [-0.39, 0.29) is 18.6 Å². The SMILES string of the molecule is CC(=O)CCC(=O)[C@H](CC(=O)O)NC(C)=O. The van der Waals surface area contributed by atoms with Crippen LogP contribution >= 0.6 is 0 Å². The van der Waals surface area contributed by atoms with E-state index in [2.05, 4.69) is 5.32 Å². The van der Waals surface area contributed by atoms with Crippen molar-refractivity contribution in [2.75, 3.05) is 0 Å². The molecule has 0 rings (SSSR count). The molecule has 0 bridgehead atoms. The van der Waals surface area contributed by atoms with E-state index in [1.54, 1.807) is 0 Å². The quantitative estimate of drug-likeness (QED) is 0.635. The Kier molecular flexibility index (Phi) is 5.99. The highest BCUT2D eigenvalue weighted by Crippen LogP contribution is 2.02. The van der Waals surface area contributed by atoms with E-state index in [0.717, 1.165) is 0 Å². The lowest BCUT2D eigenvalue weighted by Crippen LogP contribution is -2.41. The average Bonchev–Trinajstić information content (AvgIpc) is 2.11. The number of rotatable bonds is 7. The zero-order valence-corrected chi connectivity index (χ0v) is 9.28. The Labute approximate surface area is 93.0 Å². The van der Waals surface area contributed by atoms with Crippen LogP contribution in [0.2, 0.25) is 0 Å². The van der Waals surface area contributed by atoms with Crippen molar-refractivity contribution in [2.24, 2.45) is 0 Å². The van der Waals surface area contributed by atoms with Gasteiger partial charge >= 0.3 is 5.97 Å². The Balaban J connectivity index is 4.36. The third-order valence-electron chi connectivity index (χ3n) is 1.87. The second kappa shape index (κ2) is 6.71. The summed E-state index contributed by atoms with van der Waals surface area (Å²) in [6.45, 7) is 2.55. The number of carbonyl (C=O) groups is 4. The fraction of sp³-hybridized carbons (Fsp3) is 0.600. The number of hydrogen-bond acceptors (Lipinski definition) is 4. The molecule has 0 saturated heterocycles. The molecule has 0 fully saturated rings. The second-order valence-corrected chi connectivity index (χ2v) is 3.52. The molecule has 2 N–H and O–H groups in total. The summed E-state index contributed by atoms with van der Waals surface area (Å²) in [4.78, 5) is 43.4. The molecule has 0 aromatic carbocycles. The maximum absolute atomic E-state index is 11.5. The van der Waals surface area contributed by atoms with E-state index in [9.17, 15) is 19.2 Å². The molecule has 0 aromatic rings. The number of carboxylic acids is 1. The van der Waals surface area contributed by atoms with Gasteiger partial charge in [0.1, 0.15) is 5.78 Å². The Hall–Kier alpha value is -1.72. The van der Waals surface area contributed by atoms with Crippen molar-refractivity contribution in [3.8, 4) is 0 Å². The molecule has 90 valence electrons. The minimum Gasteiger partial charge on any atom is -0.481 e. The lowest BCUT2D eigenvalue weighted by Gasteiger charge is -2.13. The summed E-state index contributed by atoms with van der Waals surface area (Å²) in [5.41, 5.74) is 0. The lowest BCUT2D eigenvalue weighted by molar-refractivity contribution is -0.140. The zero-order valence-electron chi connectivity index (χ0n) is 9.28. The Morgan fingerprint density at radius 2 is 1.69 bits per heavy atom. The van der Waals surface area contributed by atoms with Gasteiger partial charge < -0.3 is 15.2 Å². The number of carboxylic acid groups (broad SMARTS) is 1. The van der Waals surface area contributed by atoms with Crippen molar-refractivity contribution in [2.45, 2.75) is 39.2 Å². The maximum atomic E-state index is 11.5. The molecule has 0 radical (unpaired) electrons. The first-order valence-corrected chi connectivity index (χ1v) is 4.84. The molecule has 0 aliphatic carbocycles. The molecular weight excluding hydrogens is 214 g/mol. The van der Waals surface area contributed by atoms with Gasteiger partial charge in [-0.1, -0.05) is 0 Å². The summed E-state index contributed by atoms with van der Waals surface area (Å²) in [6, 6.07) is -1.05. The van der Waals surface area contributed by atoms with Crippen LogP contribution in [0.4, 0.5) is 0 Å². The molecule has 0 aliphatic heterocycles. The third kappa shape index (κ3) is 6.69. The van der Waals surface area contributed by atoms with Crippen LogP contribution in [-0.2, 0) is 19.2 Å². The Morgan fingerprint density at radius 1 is 1.12 bits per heavy atom. The van der Waals surface area contributed by atoms with E-state index in [1.807, 2.05) is 0 Å². The lowest BCUT2D eigenvalue weighted by atomic mass is 10.0. The average molecular weight is 229 g/mol. The van der Waals surface area contributed by atoms with E-state index >= 15 is 0 Å². The van der Waals surface area contributed by atoms with Crippen molar-refractivity contribution >= 4 is 23.4 Å². The molecule has 0 spiro atoms. The Bertz CT molecular complexity index is 294. The minimum absolute atomic E-state index is 0.0481. The highest BCUT2D eigenvalue weighted by molar-refractivity contribution is 5.93. The van der Waals surface area contributed by atoms with Gasteiger partial charge in [0, 0.05) is 19.8 Å². The standard InChI is InChI=1S/C10H15NO5/c1-6(12)3-4-9(14)8(5-10(15)16)11-7(2)13/h8H,3-5H2,1-2H3,(H,11,13)(H,15,16)/t8-/m0/s1. The Morgan fingerprint density at radius 3 is 2.06 bits per heavy atom. The molecule has 0 saturated carbocycles. The molecule has 0 unspecified atom stereocenters. The monoisotopic (exact) mass is 229 g/mol. The fourth-order valence-electron chi connectivity index (χ4n) is 1.14. The molecule has 1 atom stereocenters. The minimum atomic E-state index is -1.17. The molecule has 6 nitrogen and oxygen atoms in total. The molecular formula is C10H15NO5. The van der Waals surface area contributed by atoms with Crippen LogP contribution < -0.4 is 5.32 Å². The van der Waals surface area contributed by atoms with Crippen LogP contribution in [0.15, 0.2) is 0 Å². The number of nitrogens with one attached hydrogen (secondary N) is 1. The second-order valence-electron chi connectivity index (χ2n) is 3.52. The van der Waals surface area contributed by atoms with Gasteiger partial charge in [-0.3, -0.25) is 14.4 Å². The first-order chi connectivity index (χ1) is 7.32. The number of Topliss-reactive ketones (excluding diaryl/α,β-unsaturated/α-hetero) is 2. The van der Waals surface area contributed by atoms with Crippen LogP contribution in [0.3, 0.4) is 0 Å². The van der Waals surface area contributed by atoms with Crippen molar-refractivity contribution in [1.29, 1.82) is 0 Å². The van der Waals surface area contributed by atoms with Gasteiger partial charge in [-0.05, 0) is 6.92 Å². The van der Waals surface area contributed by atoms with Crippen molar-refractivity contribution in [3.05, 3.63) is 0 Å². The predicted octanol–water partition coefficient (Wildman–Crippen LogP) is -0.0959. The largest absolute Gasteiger partial charge is 0.481 e. The highest BCUT2D eigenvalue weighted by Gasteiger charge is 2.22. The van der Waals surface area contributed by atoms with E-state index in [4.69, 9.17) is 5.11 Å². The summed E-state index contributed by atoms with van der Waals surface area (Å²) < 4.78 is 0. The van der Waals surface area contributed by atoms with E-state index in [0.29, 0.717) is 0 Å². The summed E-state index contributed by atoms with van der Waals surface area (Å²) in [5.74, 6) is -2.23. The number of hydrogen-bond donors (Lipinski definition) is 2. The van der Waals surface area contributed by atoms with Crippen molar-refractivity contribution < 1.29 is 24.3 Å². The van der Waals surface area contributed by atoms with Gasteiger partial charge in [-0.15, -0.1) is 0 Å². The molecule has 0 aromatic heterocycles. The number of aliphatic carboxylic acids is 1. The van der Waals surface area contributed by atoms with Crippen LogP contribution in [0.5, 0.6) is 0 Å². The van der Waals surface area contributed by atoms with Gasteiger partial charge in [0.15, 0.2) is 5.78 Å². The van der Waals surface area contributed by atoms with Gasteiger partial charge in [-0.25, -0.2) is 0 Å². The number of carbonyl (C=O) groups excluding carboxylic acids is 3. The first kappa shape index (κ1) is 14.3. The van der Waals surface area contributed by atoms with Crippen LogP contribution in [0, 0.1) is 0 Å². The van der Waals surface area contributed by atoms with Gasteiger partial charge in [-0.2, -0.15) is 0 Å². The molecule has 6 heteroatoms. The molecule has 16 heavy (non-hydrogen) atoms. The van der Waals surface area contributed by atoms with E-state index < -0.39 is 30.1 Å². The molecule has 1 amide bonds. The van der Waals surface area contributed by atoms with Crippen LogP contribution in [0.25, 0.3) is 0 Å². The van der Waals surface area contributed by atoms with Crippen LogP contribution in [0.1, 0.15) is 33.1 Å². The predicted molar refractivity (Wildman–Crippen MR) is 54.8 cm³/mol. The third-order valence-corrected chi connectivity index (χ3v) is 1.87. The van der Waals surface area contributed by atoms with Gasteiger partial charge in [0.25, 0.3) is 0 Å². The summed E-state index contributed by atoms with van der Waals surface area (Å²) in [7, 11) is 0. The topological polar surface area (TPSA) is 101 Å². The molecule has 0 heterocycles. The maximum Gasteiger partial charge on any atom is 0.305 e. The summed E-state index contributed by atoms with van der Waals surface area (Å²) in [6.07, 6.45) is -0.446.